The van der Waals surface area contributed by atoms with Crippen molar-refractivity contribution in [3.05, 3.63) is 30.5 Å². The number of hydrogen-bond acceptors (Lipinski definition) is 4. The Hall–Kier alpha value is -2.01. The summed E-state index contributed by atoms with van der Waals surface area (Å²) in [4.78, 5) is 0. The number of nitrogens with two attached hydrogens (primary N) is 1. The predicted molar refractivity (Wildman–Crippen MR) is 77.7 cm³/mol. The number of methoxy groups -OCH3 is 1. The van der Waals surface area contributed by atoms with Crippen LogP contribution in [0.5, 0.6) is 5.75 Å². The largest absolute Gasteiger partial charge is 0.494 e. The summed E-state index contributed by atoms with van der Waals surface area (Å²) in [5.41, 5.74) is 8.36. The van der Waals surface area contributed by atoms with Crippen LogP contribution in [0.25, 0.3) is 11.3 Å². The van der Waals surface area contributed by atoms with Gasteiger partial charge >= 0.3 is 0 Å². The molecule has 0 saturated carbocycles. The number of nitrogen functional groups attached to an aromatic ring is 1. The van der Waals surface area contributed by atoms with Gasteiger partial charge in [0.2, 0.25) is 0 Å². The lowest BCUT2D eigenvalue weighted by Crippen LogP contribution is -2.21. The maximum Gasteiger partial charge on any atom is 0.151 e. The summed E-state index contributed by atoms with van der Waals surface area (Å²) >= 11 is 0. The molecule has 1 aliphatic heterocycles. The Kier molecular flexibility index (Phi) is 3.60. The lowest BCUT2D eigenvalue weighted by Gasteiger charge is -2.22. The molecule has 1 fully saturated rings. The lowest BCUT2D eigenvalue weighted by atomic mass is 10.1. The quantitative estimate of drug-likeness (QED) is 0.873. The third kappa shape index (κ3) is 2.36. The molecule has 0 radical (unpaired) electrons. The van der Waals surface area contributed by atoms with Gasteiger partial charge in [-0.05, 0) is 31.0 Å². The van der Waals surface area contributed by atoms with Crippen LogP contribution in [0.1, 0.15) is 18.9 Å². The summed E-state index contributed by atoms with van der Waals surface area (Å²) in [6, 6.07) is 8.03. The number of rotatable bonds is 3. The van der Waals surface area contributed by atoms with Crippen LogP contribution in [0.4, 0.5) is 5.69 Å². The van der Waals surface area contributed by atoms with Crippen molar-refractivity contribution in [1.29, 1.82) is 0 Å². The standard InChI is InChI=1S/C15H19N3O2/c1-19-15-12(5-2-6-13(15)16)14-7-8-18(17-14)11-4-3-9-20-10-11/h2,5-8,11H,3-4,9-10,16H2,1H3. The number of nitrogens with zero attached hydrogens (tertiary/aromatic N) is 2. The van der Waals surface area contributed by atoms with Crippen molar-refractivity contribution >= 4 is 5.69 Å². The zero-order chi connectivity index (χ0) is 13.9. The van der Waals surface area contributed by atoms with Crippen LogP contribution in [-0.2, 0) is 4.74 Å². The highest BCUT2D eigenvalue weighted by molar-refractivity contribution is 5.74. The van der Waals surface area contributed by atoms with Gasteiger partial charge in [-0.2, -0.15) is 5.10 Å². The summed E-state index contributed by atoms with van der Waals surface area (Å²) in [6.07, 6.45) is 4.19. The van der Waals surface area contributed by atoms with Crippen LogP contribution in [0.15, 0.2) is 30.5 Å². The normalized spacial score (nSPS) is 18.9. The van der Waals surface area contributed by atoms with Crippen molar-refractivity contribution in [2.45, 2.75) is 18.9 Å². The molecule has 0 amide bonds. The number of para-hydroxylation sites is 1. The molecule has 2 heterocycles. The summed E-state index contributed by atoms with van der Waals surface area (Å²) in [6.45, 7) is 1.59. The Morgan fingerprint density at radius 3 is 3.05 bits per heavy atom. The molecule has 5 nitrogen and oxygen atoms in total. The average Bonchev–Trinajstić information content (AvgIpc) is 2.97. The van der Waals surface area contributed by atoms with Gasteiger partial charge in [-0.1, -0.05) is 6.07 Å². The molecule has 2 aromatic rings. The van der Waals surface area contributed by atoms with Gasteiger partial charge in [0, 0.05) is 18.4 Å². The molecule has 0 spiro atoms. The van der Waals surface area contributed by atoms with E-state index in [2.05, 4.69) is 5.10 Å². The second kappa shape index (κ2) is 5.54. The Balaban J connectivity index is 1.92. The van der Waals surface area contributed by atoms with Crippen molar-refractivity contribution in [1.82, 2.24) is 9.78 Å². The third-order valence-corrected chi connectivity index (χ3v) is 3.64. The first-order chi connectivity index (χ1) is 9.79. The number of anilines is 1. The van der Waals surface area contributed by atoms with Gasteiger partial charge in [0.05, 0.1) is 31.1 Å². The van der Waals surface area contributed by atoms with Crippen LogP contribution < -0.4 is 10.5 Å². The van der Waals surface area contributed by atoms with Gasteiger partial charge in [-0.15, -0.1) is 0 Å². The molecule has 1 saturated heterocycles. The summed E-state index contributed by atoms with van der Waals surface area (Å²) in [5.74, 6) is 0.678. The molecule has 1 aromatic carbocycles. The number of hydrogen-bond donors (Lipinski definition) is 1. The van der Waals surface area contributed by atoms with Gasteiger partial charge in [0.1, 0.15) is 0 Å². The molecule has 3 rings (SSSR count). The van der Waals surface area contributed by atoms with Crippen molar-refractivity contribution in [3.8, 4) is 17.0 Å². The molecule has 1 aromatic heterocycles. The molecule has 0 aliphatic carbocycles. The number of benzene rings is 1. The molecular formula is C15H19N3O2. The van der Waals surface area contributed by atoms with Crippen molar-refractivity contribution < 1.29 is 9.47 Å². The minimum absolute atomic E-state index is 0.324. The van der Waals surface area contributed by atoms with E-state index in [4.69, 9.17) is 15.2 Å². The van der Waals surface area contributed by atoms with Gasteiger partial charge in [0.25, 0.3) is 0 Å². The van der Waals surface area contributed by atoms with E-state index >= 15 is 0 Å². The monoisotopic (exact) mass is 273 g/mol. The lowest BCUT2D eigenvalue weighted by molar-refractivity contribution is 0.0550. The summed E-state index contributed by atoms with van der Waals surface area (Å²) in [5, 5.41) is 4.66. The highest BCUT2D eigenvalue weighted by atomic mass is 16.5. The summed E-state index contributed by atoms with van der Waals surface area (Å²) in [7, 11) is 1.63. The van der Waals surface area contributed by atoms with Crippen LogP contribution >= 0.6 is 0 Å². The molecule has 1 unspecified atom stereocenters. The van der Waals surface area contributed by atoms with Crippen LogP contribution in [0.2, 0.25) is 0 Å². The fourth-order valence-electron chi connectivity index (χ4n) is 2.60. The minimum atomic E-state index is 0.324. The molecular weight excluding hydrogens is 254 g/mol. The average molecular weight is 273 g/mol. The highest BCUT2D eigenvalue weighted by Gasteiger charge is 2.18. The van der Waals surface area contributed by atoms with Crippen LogP contribution in [-0.4, -0.2) is 30.1 Å². The molecule has 2 N–H and O–H groups in total. The van der Waals surface area contributed by atoms with Crippen molar-refractivity contribution in [2.24, 2.45) is 0 Å². The third-order valence-electron chi connectivity index (χ3n) is 3.64. The van der Waals surface area contributed by atoms with Gasteiger partial charge in [0.15, 0.2) is 5.75 Å². The fraction of sp³-hybridized carbons (Fsp3) is 0.400. The van der Waals surface area contributed by atoms with Gasteiger partial charge in [-0.25, -0.2) is 0 Å². The van der Waals surface area contributed by atoms with Crippen molar-refractivity contribution in [3.63, 3.8) is 0 Å². The number of aromatic nitrogens is 2. The van der Waals surface area contributed by atoms with E-state index < -0.39 is 0 Å². The minimum Gasteiger partial charge on any atom is -0.494 e. The van der Waals surface area contributed by atoms with E-state index in [9.17, 15) is 0 Å². The Labute approximate surface area is 118 Å². The second-order valence-corrected chi connectivity index (χ2v) is 4.98. The molecule has 5 heteroatoms. The molecule has 1 atom stereocenters. The zero-order valence-corrected chi connectivity index (χ0v) is 11.6. The first-order valence-electron chi connectivity index (χ1n) is 6.85. The van der Waals surface area contributed by atoms with E-state index in [0.717, 1.165) is 37.3 Å². The van der Waals surface area contributed by atoms with Crippen molar-refractivity contribution in [2.75, 3.05) is 26.1 Å². The molecule has 1 aliphatic rings. The smallest absolute Gasteiger partial charge is 0.151 e. The van der Waals surface area contributed by atoms with Gasteiger partial charge in [-0.3, -0.25) is 4.68 Å². The second-order valence-electron chi connectivity index (χ2n) is 4.98. The maximum absolute atomic E-state index is 5.94. The molecule has 0 bridgehead atoms. The topological polar surface area (TPSA) is 62.3 Å². The van der Waals surface area contributed by atoms with Gasteiger partial charge < -0.3 is 15.2 Å². The van der Waals surface area contributed by atoms with Crippen LogP contribution in [0.3, 0.4) is 0 Å². The molecule has 106 valence electrons. The SMILES string of the molecule is COc1c(N)cccc1-c1ccn(C2CCCOC2)n1. The predicted octanol–water partition coefficient (Wildman–Crippen LogP) is 2.49. The Morgan fingerprint density at radius 1 is 1.40 bits per heavy atom. The highest BCUT2D eigenvalue weighted by Crippen LogP contribution is 2.34. The van der Waals surface area contributed by atoms with E-state index in [1.165, 1.54) is 0 Å². The fourth-order valence-corrected chi connectivity index (χ4v) is 2.60. The van der Waals surface area contributed by atoms with E-state index in [1.807, 2.05) is 35.1 Å². The van der Waals surface area contributed by atoms with E-state index in [-0.39, 0.29) is 0 Å². The first kappa shape index (κ1) is 13.0. The zero-order valence-electron chi connectivity index (χ0n) is 11.6. The first-order valence-corrected chi connectivity index (χ1v) is 6.85. The molecule has 20 heavy (non-hydrogen) atoms. The maximum atomic E-state index is 5.94. The van der Waals surface area contributed by atoms with Crippen LogP contribution in [0, 0.1) is 0 Å². The van der Waals surface area contributed by atoms with E-state index in [0.29, 0.717) is 17.5 Å². The summed E-state index contributed by atoms with van der Waals surface area (Å²) < 4.78 is 12.9. The number of ether oxygens (including phenoxy) is 2. The Bertz CT molecular complexity index is 589. The van der Waals surface area contributed by atoms with E-state index in [1.54, 1.807) is 7.11 Å². The Morgan fingerprint density at radius 2 is 2.30 bits per heavy atom.